The van der Waals surface area contributed by atoms with Gasteiger partial charge in [0.1, 0.15) is 17.7 Å². The van der Waals surface area contributed by atoms with Gasteiger partial charge >= 0.3 is 6.09 Å². The molecule has 0 aliphatic rings. The number of anilines is 1. The van der Waals surface area contributed by atoms with Crippen molar-refractivity contribution in [2.45, 2.75) is 65.6 Å². The second kappa shape index (κ2) is 12.8. The maximum atomic E-state index is 14.0. The van der Waals surface area contributed by atoms with Crippen molar-refractivity contribution < 1.29 is 24.2 Å². The molecule has 0 aliphatic heterocycles. The summed E-state index contributed by atoms with van der Waals surface area (Å²) in [5, 5.41) is 17.6. The average molecular weight is 534 g/mol. The predicted molar refractivity (Wildman–Crippen MR) is 153 cm³/mol. The Kier molecular flexibility index (Phi) is 9.70. The summed E-state index contributed by atoms with van der Waals surface area (Å²) in [7, 11) is 0. The number of alkyl carbamates (subject to hydrolysis) is 1. The minimum atomic E-state index is -1.28. The summed E-state index contributed by atoms with van der Waals surface area (Å²) in [6.07, 6.45) is -0.267. The molecule has 0 radical (unpaired) electrons. The highest BCUT2D eigenvalue weighted by Crippen LogP contribution is 2.29. The number of aryl methyl sites for hydroxylation is 2. The summed E-state index contributed by atoms with van der Waals surface area (Å²) < 4.78 is 5.29. The Labute approximate surface area is 230 Å². The Bertz CT molecular complexity index is 1330. The van der Waals surface area contributed by atoms with Crippen LogP contribution in [0.1, 0.15) is 56.8 Å². The number of ether oxygens (including phenoxy) is 1. The molecular weight excluding hydrogens is 494 g/mol. The topological polar surface area (TPSA) is 108 Å². The van der Waals surface area contributed by atoms with Crippen molar-refractivity contribution in [3.8, 4) is 0 Å². The molecule has 3 aromatic rings. The second-order valence-corrected chi connectivity index (χ2v) is 10.7. The zero-order valence-corrected chi connectivity index (χ0v) is 23.6. The fourth-order valence-corrected chi connectivity index (χ4v) is 4.43. The number of rotatable bonds is 9. The van der Waals surface area contributed by atoms with Crippen molar-refractivity contribution in [1.82, 2.24) is 10.2 Å². The molecule has 0 saturated carbocycles. The van der Waals surface area contributed by atoms with Crippen LogP contribution in [0.15, 0.2) is 60.7 Å². The third-order valence-corrected chi connectivity index (χ3v) is 6.23. The van der Waals surface area contributed by atoms with E-state index in [1.807, 2.05) is 81.4 Å². The van der Waals surface area contributed by atoms with E-state index >= 15 is 0 Å². The highest BCUT2D eigenvalue weighted by molar-refractivity contribution is 6.00. The van der Waals surface area contributed by atoms with Gasteiger partial charge in [0.25, 0.3) is 5.91 Å². The molecule has 3 amide bonds. The molecule has 3 rings (SSSR count). The van der Waals surface area contributed by atoms with Gasteiger partial charge in [-0.3, -0.25) is 9.59 Å². The van der Waals surface area contributed by atoms with Crippen molar-refractivity contribution in [3.63, 3.8) is 0 Å². The molecule has 0 bridgehead atoms. The van der Waals surface area contributed by atoms with Crippen molar-refractivity contribution in [3.05, 3.63) is 77.4 Å². The van der Waals surface area contributed by atoms with Crippen LogP contribution in [0.3, 0.4) is 0 Å². The van der Waals surface area contributed by atoms with Crippen LogP contribution in [-0.4, -0.2) is 52.7 Å². The first-order valence-electron chi connectivity index (χ1n) is 13.2. The first-order chi connectivity index (χ1) is 18.4. The van der Waals surface area contributed by atoms with E-state index in [4.69, 9.17) is 4.74 Å². The largest absolute Gasteiger partial charge is 0.444 e. The van der Waals surface area contributed by atoms with E-state index in [2.05, 4.69) is 10.6 Å². The maximum absolute atomic E-state index is 14.0. The van der Waals surface area contributed by atoms with Gasteiger partial charge < -0.3 is 25.4 Å². The molecule has 0 spiro atoms. The highest BCUT2D eigenvalue weighted by Gasteiger charge is 2.36. The number of aliphatic hydroxyl groups is 1. The monoisotopic (exact) mass is 533 g/mol. The summed E-state index contributed by atoms with van der Waals surface area (Å²) in [6, 6.07) is 17.0. The van der Waals surface area contributed by atoms with Crippen LogP contribution in [-0.2, 0) is 14.3 Å². The van der Waals surface area contributed by atoms with Crippen molar-refractivity contribution in [2.75, 3.05) is 18.5 Å². The van der Waals surface area contributed by atoms with Gasteiger partial charge in [-0.1, -0.05) is 61.0 Å². The Morgan fingerprint density at radius 1 is 0.974 bits per heavy atom. The number of amides is 3. The quantitative estimate of drug-likeness (QED) is 0.348. The van der Waals surface area contributed by atoms with E-state index in [-0.39, 0.29) is 6.54 Å². The lowest BCUT2D eigenvalue weighted by molar-refractivity contribution is -0.141. The van der Waals surface area contributed by atoms with Crippen molar-refractivity contribution in [2.24, 2.45) is 0 Å². The normalized spacial score (nSPS) is 12.9. The average Bonchev–Trinajstić information content (AvgIpc) is 2.87. The summed E-state index contributed by atoms with van der Waals surface area (Å²) in [6.45, 7) is 10.4. The molecule has 208 valence electrons. The van der Waals surface area contributed by atoms with Gasteiger partial charge in [0.15, 0.2) is 0 Å². The van der Waals surface area contributed by atoms with Gasteiger partial charge in [0.05, 0.1) is 6.61 Å². The minimum absolute atomic E-state index is 0.231. The Hall–Kier alpha value is -3.91. The summed E-state index contributed by atoms with van der Waals surface area (Å²) in [4.78, 5) is 41.7. The third-order valence-electron chi connectivity index (χ3n) is 6.23. The number of carbonyl (C=O) groups is 3. The molecule has 39 heavy (non-hydrogen) atoms. The van der Waals surface area contributed by atoms with Crippen LogP contribution < -0.4 is 10.6 Å². The number of nitrogens with zero attached hydrogens (tertiary/aromatic N) is 1. The predicted octanol–water partition coefficient (Wildman–Crippen LogP) is 5.26. The molecular formula is C31H39N3O5. The van der Waals surface area contributed by atoms with Crippen LogP contribution in [0, 0.1) is 13.8 Å². The molecule has 8 heteroatoms. The maximum Gasteiger partial charge on any atom is 0.408 e. The second-order valence-electron chi connectivity index (χ2n) is 10.7. The summed E-state index contributed by atoms with van der Waals surface area (Å²) in [5.41, 5.74) is 2.27. The molecule has 0 aliphatic carbocycles. The van der Waals surface area contributed by atoms with Crippen molar-refractivity contribution >= 4 is 34.4 Å². The van der Waals surface area contributed by atoms with E-state index in [1.165, 1.54) is 4.90 Å². The molecule has 8 nitrogen and oxygen atoms in total. The van der Waals surface area contributed by atoms with Crippen LogP contribution >= 0.6 is 0 Å². The Morgan fingerprint density at radius 2 is 1.67 bits per heavy atom. The lowest BCUT2D eigenvalue weighted by Crippen LogP contribution is -2.54. The lowest BCUT2D eigenvalue weighted by Gasteiger charge is -2.34. The van der Waals surface area contributed by atoms with Crippen molar-refractivity contribution in [1.29, 1.82) is 0 Å². The third kappa shape index (κ3) is 7.80. The standard InChI is InChI=1S/C31H39N3O5/c1-7-16-34(29(37)26(19-35)33-30(38)39-31(4,5)6)27(25-17-20(2)12-13-21(25)3)28(36)32-24-15-14-22-10-8-9-11-23(22)18-24/h8-15,17-18,26-27,35H,7,16,19H2,1-6H3,(H,32,36)(H,33,38). The lowest BCUT2D eigenvalue weighted by atomic mass is 9.96. The summed E-state index contributed by atoms with van der Waals surface area (Å²) >= 11 is 0. The molecule has 0 heterocycles. The zero-order valence-electron chi connectivity index (χ0n) is 23.6. The van der Waals surface area contributed by atoms with Crippen LogP contribution in [0.2, 0.25) is 0 Å². The van der Waals surface area contributed by atoms with Gasteiger partial charge in [-0.2, -0.15) is 0 Å². The molecule has 3 N–H and O–H groups in total. The first-order valence-corrected chi connectivity index (χ1v) is 13.2. The molecule has 3 aromatic carbocycles. The number of hydrogen-bond acceptors (Lipinski definition) is 5. The van der Waals surface area contributed by atoms with Crippen LogP contribution in [0.25, 0.3) is 10.8 Å². The highest BCUT2D eigenvalue weighted by atomic mass is 16.6. The zero-order chi connectivity index (χ0) is 28.7. The van der Waals surface area contributed by atoms with Gasteiger partial charge in [0.2, 0.25) is 5.91 Å². The fraction of sp³-hybridized carbons (Fsp3) is 0.387. The fourth-order valence-electron chi connectivity index (χ4n) is 4.43. The minimum Gasteiger partial charge on any atom is -0.444 e. The van der Waals surface area contributed by atoms with E-state index in [0.29, 0.717) is 17.7 Å². The van der Waals surface area contributed by atoms with Crippen LogP contribution in [0.5, 0.6) is 0 Å². The van der Waals surface area contributed by atoms with Gasteiger partial charge in [-0.25, -0.2) is 4.79 Å². The van der Waals surface area contributed by atoms with E-state index in [9.17, 15) is 19.5 Å². The van der Waals surface area contributed by atoms with E-state index < -0.39 is 42.2 Å². The Balaban J connectivity index is 2.01. The van der Waals surface area contributed by atoms with Gasteiger partial charge in [-0.05, 0) is 75.1 Å². The molecule has 2 unspecified atom stereocenters. The SMILES string of the molecule is CCCN(C(=O)C(CO)NC(=O)OC(C)(C)C)C(C(=O)Nc1ccc2ccccc2c1)c1cc(C)ccc1C. The summed E-state index contributed by atoms with van der Waals surface area (Å²) in [5.74, 6) is -0.973. The molecule has 0 saturated heterocycles. The molecule has 2 atom stereocenters. The first kappa shape index (κ1) is 29.6. The molecule has 0 aromatic heterocycles. The smallest absolute Gasteiger partial charge is 0.408 e. The number of hydrogen-bond donors (Lipinski definition) is 3. The van der Waals surface area contributed by atoms with E-state index in [1.54, 1.807) is 20.8 Å². The molecule has 0 fully saturated rings. The number of fused-ring (bicyclic) bond motifs is 1. The van der Waals surface area contributed by atoms with Gasteiger partial charge in [-0.15, -0.1) is 0 Å². The number of benzene rings is 3. The number of nitrogens with one attached hydrogen (secondary N) is 2. The van der Waals surface area contributed by atoms with Crippen LogP contribution in [0.4, 0.5) is 10.5 Å². The number of aliphatic hydroxyl groups excluding tert-OH is 1. The van der Waals surface area contributed by atoms with Gasteiger partial charge in [0, 0.05) is 12.2 Å². The number of carbonyl (C=O) groups excluding carboxylic acids is 3. The van der Waals surface area contributed by atoms with E-state index in [0.717, 1.165) is 21.9 Å². The Morgan fingerprint density at radius 3 is 2.31 bits per heavy atom.